The maximum Gasteiger partial charge on any atom is 0.0597 e. The molecule has 0 saturated heterocycles. The molecule has 0 aromatic heterocycles. The maximum atomic E-state index is 5.76. The molecular weight excluding hydrogens is 188 g/mol. The lowest BCUT2D eigenvalue weighted by Gasteiger charge is -2.33. The van der Waals surface area contributed by atoms with Gasteiger partial charge in [0.25, 0.3) is 0 Å². The van der Waals surface area contributed by atoms with Crippen LogP contribution >= 0.6 is 0 Å². The van der Waals surface area contributed by atoms with Crippen LogP contribution in [-0.2, 0) is 4.74 Å². The molecule has 3 heteroatoms. The summed E-state index contributed by atoms with van der Waals surface area (Å²) >= 11 is 0. The minimum Gasteiger partial charge on any atom is -0.377 e. The molecule has 15 heavy (non-hydrogen) atoms. The normalized spacial score (nSPS) is 25.6. The average molecular weight is 214 g/mol. The van der Waals surface area contributed by atoms with Crippen molar-refractivity contribution in [1.29, 1.82) is 0 Å². The molecule has 0 spiro atoms. The molecule has 0 aromatic rings. The zero-order valence-electron chi connectivity index (χ0n) is 10.5. The molecule has 0 atom stereocenters. The van der Waals surface area contributed by atoms with Gasteiger partial charge in [-0.2, -0.15) is 0 Å². The number of ether oxygens (including phenoxy) is 1. The first-order valence-electron chi connectivity index (χ1n) is 6.23. The lowest BCUT2D eigenvalue weighted by Crippen LogP contribution is -2.34. The predicted octanol–water partition coefficient (Wildman–Crippen LogP) is 1.34. The van der Waals surface area contributed by atoms with Crippen molar-refractivity contribution in [3.63, 3.8) is 0 Å². The fraction of sp³-hybridized carbons (Fsp3) is 1.00. The molecule has 1 saturated carbocycles. The highest BCUT2D eigenvalue weighted by molar-refractivity contribution is 4.76. The van der Waals surface area contributed by atoms with E-state index in [1.807, 2.05) is 0 Å². The van der Waals surface area contributed by atoms with E-state index in [-0.39, 0.29) is 0 Å². The molecular formula is C12H26N2O. The summed E-state index contributed by atoms with van der Waals surface area (Å²) in [7, 11) is 2.16. The molecule has 0 aliphatic heterocycles. The van der Waals surface area contributed by atoms with E-state index < -0.39 is 0 Å². The van der Waals surface area contributed by atoms with E-state index in [9.17, 15) is 0 Å². The minimum absolute atomic E-state index is 0.558. The smallest absolute Gasteiger partial charge is 0.0597 e. The van der Waals surface area contributed by atoms with Crippen LogP contribution < -0.4 is 5.32 Å². The minimum atomic E-state index is 0.558. The van der Waals surface area contributed by atoms with Gasteiger partial charge in [0.05, 0.1) is 12.7 Å². The highest BCUT2D eigenvalue weighted by Gasteiger charge is 2.25. The quantitative estimate of drug-likeness (QED) is 0.617. The molecule has 0 unspecified atom stereocenters. The molecule has 0 radical (unpaired) electrons. The van der Waals surface area contributed by atoms with Crippen LogP contribution in [0.2, 0.25) is 0 Å². The van der Waals surface area contributed by atoms with Crippen LogP contribution in [0, 0.1) is 5.92 Å². The van der Waals surface area contributed by atoms with Crippen LogP contribution in [0.3, 0.4) is 0 Å². The van der Waals surface area contributed by atoms with Crippen molar-refractivity contribution in [1.82, 2.24) is 10.2 Å². The summed E-state index contributed by atoms with van der Waals surface area (Å²) in [5.74, 6) is 0.890. The van der Waals surface area contributed by atoms with E-state index in [1.54, 1.807) is 0 Å². The fourth-order valence-corrected chi connectivity index (χ4v) is 1.90. The van der Waals surface area contributed by atoms with E-state index >= 15 is 0 Å². The Morgan fingerprint density at radius 2 is 2.07 bits per heavy atom. The second kappa shape index (κ2) is 7.20. The molecule has 1 rings (SSSR count). The van der Waals surface area contributed by atoms with Gasteiger partial charge in [-0.05, 0) is 32.4 Å². The topological polar surface area (TPSA) is 24.5 Å². The van der Waals surface area contributed by atoms with E-state index in [1.165, 1.54) is 12.8 Å². The largest absolute Gasteiger partial charge is 0.377 e. The Kier molecular flexibility index (Phi) is 6.22. The lowest BCUT2D eigenvalue weighted by atomic mass is 9.84. The summed E-state index contributed by atoms with van der Waals surface area (Å²) in [6.45, 7) is 9.62. The SMILES string of the molecule is CCNCCN(C)CCOC1CC(C)C1. The Morgan fingerprint density at radius 1 is 1.33 bits per heavy atom. The third kappa shape index (κ3) is 5.50. The molecule has 0 heterocycles. The summed E-state index contributed by atoms with van der Waals surface area (Å²) in [5.41, 5.74) is 0. The molecule has 3 nitrogen and oxygen atoms in total. The summed E-state index contributed by atoms with van der Waals surface area (Å²) < 4.78 is 5.76. The van der Waals surface area contributed by atoms with Crippen molar-refractivity contribution in [2.75, 3.05) is 39.8 Å². The third-order valence-electron chi connectivity index (χ3n) is 3.08. The lowest BCUT2D eigenvalue weighted by molar-refractivity contribution is -0.0307. The second-order valence-corrected chi connectivity index (χ2v) is 4.73. The fourth-order valence-electron chi connectivity index (χ4n) is 1.90. The van der Waals surface area contributed by atoms with Gasteiger partial charge < -0.3 is 15.0 Å². The highest BCUT2D eigenvalue weighted by Crippen LogP contribution is 2.28. The summed E-state index contributed by atoms with van der Waals surface area (Å²) in [6.07, 6.45) is 3.09. The van der Waals surface area contributed by atoms with Gasteiger partial charge in [0.1, 0.15) is 0 Å². The van der Waals surface area contributed by atoms with Crippen molar-refractivity contribution < 1.29 is 4.74 Å². The molecule has 1 aliphatic carbocycles. The Morgan fingerprint density at radius 3 is 2.67 bits per heavy atom. The van der Waals surface area contributed by atoms with E-state index in [2.05, 4.69) is 31.1 Å². The zero-order valence-corrected chi connectivity index (χ0v) is 10.5. The van der Waals surface area contributed by atoms with Crippen LogP contribution in [0.5, 0.6) is 0 Å². The van der Waals surface area contributed by atoms with Gasteiger partial charge in [-0.15, -0.1) is 0 Å². The van der Waals surface area contributed by atoms with Gasteiger partial charge in [0.15, 0.2) is 0 Å². The molecule has 1 aliphatic rings. The molecule has 1 N–H and O–H groups in total. The van der Waals surface area contributed by atoms with Crippen LogP contribution in [0.1, 0.15) is 26.7 Å². The zero-order chi connectivity index (χ0) is 11.1. The molecule has 0 aromatic carbocycles. The number of rotatable bonds is 8. The molecule has 0 bridgehead atoms. The Labute approximate surface area is 94.2 Å². The number of hydrogen-bond donors (Lipinski definition) is 1. The average Bonchev–Trinajstić information content (AvgIpc) is 2.15. The Balaban J connectivity index is 1.86. The van der Waals surface area contributed by atoms with Crippen molar-refractivity contribution in [2.24, 2.45) is 5.92 Å². The third-order valence-corrected chi connectivity index (χ3v) is 3.08. The first-order valence-corrected chi connectivity index (χ1v) is 6.23. The van der Waals surface area contributed by atoms with Gasteiger partial charge >= 0.3 is 0 Å². The summed E-state index contributed by atoms with van der Waals surface area (Å²) in [4.78, 5) is 2.32. The number of nitrogens with one attached hydrogen (secondary N) is 1. The van der Waals surface area contributed by atoms with Crippen molar-refractivity contribution in [3.05, 3.63) is 0 Å². The van der Waals surface area contributed by atoms with Crippen molar-refractivity contribution >= 4 is 0 Å². The van der Waals surface area contributed by atoms with Crippen molar-refractivity contribution in [3.8, 4) is 0 Å². The second-order valence-electron chi connectivity index (χ2n) is 4.73. The first-order chi connectivity index (χ1) is 7.22. The Hall–Kier alpha value is -0.120. The summed E-state index contributed by atoms with van der Waals surface area (Å²) in [6, 6.07) is 0. The van der Waals surface area contributed by atoms with Crippen molar-refractivity contribution in [2.45, 2.75) is 32.8 Å². The monoisotopic (exact) mass is 214 g/mol. The maximum absolute atomic E-state index is 5.76. The first kappa shape index (κ1) is 12.9. The number of hydrogen-bond acceptors (Lipinski definition) is 3. The molecule has 90 valence electrons. The van der Waals surface area contributed by atoms with Gasteiger partial charge in [-0.1, -0.05) is 13.8 Å². The van der Waals surface area contributed by atoms with E-state index in [4.69, 9.17) is 4.74 Å². The van der Waals surface area contributed by atoms with Gasteiger partial charge in [0.2, 0.25) is 0 Å². The predicted molar refractivity (Wildman–Crippen MR) is 64.2 cm³/mol. The number of nitrogens with zero attached hydrogens (tertiary/aromatic N) is 1. The highest BCUT2D eigenvalue weighted by atomic mass is 16.5. The van der Waals surface area contributed by atoms with Crippen LogP contribution in [0.15, 0.2) is 0 Å². The van der Waals surface area contributed by atoms with E-state index in [0.717, 1.165) is 38.7 Å². The van der Waals surface area contributed by atoms with Crippen LogP contribution in [0.4, 0.5) is 0 Å². The molecule has 1 fully saturated rings. The van der Waals surface area contributed by atoms with Crippen LogP contribution in [0.25, 0.3) is 0 Å². The van der Waals surface area contributed by atoms with Gasteiger partial charge in [-0.25, -0.2) is 0 Å². The molecule has 0 amide bonds. The van der Waals surface area contributed by atoms with Crippen LogP contribution in [-0.4, -0.2) is 50.8 Å². The number of likely N-dealkylation sites (N-methyl/N-ethyl adjacent to an activating group) is 2. The van der Waals surface area contributed by atoms with E-state index in [0.29, 0.717) is 6.10 Å². The summed E-state index contributed by atoms with van der Waals surface area (Å²) in [5, 5.41) is 3.32. The van der Waals surface area contributed by atoms with Gasteiger partial charge in [0, 0.05) is 19.6 Å². The standard InChI is InChI=1S/C12H26N2O/c1-4-13-5-6-14(3)7-8-15-12-9-11(2)10-12/h11-13H,4-10H2,1-3H3. The van der Waals surface area contributed by atoms with Gasteiger partial charge in [-0.3, -0.25) is 0 Å². The Bertz CT molecular complexity index is 158.